The van der Waals surface area contributed by atoms with Crippen LogP contribution in [0.4, 0.5) is 0 Å². The van der Waals surface area contributed by atoms with Gasteiger partial charge in [0.2, 0.25) is 0 Å². The van der Waals surface area contributed by atoms with Gasteiger partial charge >= 0.3 is 0 Å². The molecule has 2 aliphatic heterocycles. The molecule has 0 aliphatic carbocycles. The molecule has 5 heteroatoms. The Morgan fingerprint density at radius 1 is 1.22 bits per heavy atom. The maximum Gasteiger partial charge on any atom is 0.179 e. The van der Waals surface area contributed by atoms with Gasteiger partial charge in [-0.05, 0) is 31.6 Å². The van der Waals surface area contributed by atoms with E-state index >= 15 is 0 Å². The Morgan fingerprint density at radius 3 is 2.89 bits per heavy atom. The second-order valence-corrected chi connectivity index (χ2v) is 5.60. The van der Waals surface area contributed by atoms with Crippen LogP contribution in [0.25, 0.3) is 5.65 Å². The molecule has 2 aromatic rings. The van der Waals surface area contributed by atoms with Crippen LogP contribution in [0, 0.1) is 5.92 Å². The van der Waals surface area contributed by atoms with Crippen LogP contribution >= 0.6 is 0 Å². The van der Waals surface area contributed by atoms with E-state index in [0.717, 1.165) is 35.9 Å². The zero-order chi connectivity index (χ0) is 11.9. The lowest BCUT2D eigenvalue weighted by molar-refractivity contribution is 0.294. The molecule has 2 bridgehead atoms. The van der Waals surface area contributed by atoms with E-state index in [4.69, 9.17) is 0 Å². The summed E-state index contributed by atoms with van der Waals surface area (Å²) < 4.78 is 2.07. The topological polar surface area (TPSA) is 55.1 Å². The summed E-state index contributed by atoms with van der Waals surface area (Å²) in [5.74, 6) is 1.84. The van der Waals surface area contributed by atoms with Gasteiger partial charge in [-0.25, -0.2) is 0 Å². The predicted octanol–water partition coefficient (Wildman–Crippen LogP) is 1.20. The molecule has 2 atom stereocenters. The molecular formula is C13H17N5. The van der Waals surface area contributed by atoms with Crippen molar-refractivity contribution in [2.24, 2.45) is 5.92 Å². The van der Waals surface area contributed by atoms with E-state index in [9.17, 15) is 0 Å². The molecule has 18 heavy (non-hydrogen) atoms. The van der Waals surface area contributed by atoms with Gasteiger partial charge in [-0.15, -0.1) is 10.2 Å². The first-order valence-electron chi connectivity index (χ1n) is 6.78. The van der Waals surface area contributed by atoms with Crippen LogP contribution in [0.3, 0.4) is 0 Å². The lowest BCUT2D eigenvalue weighted by Gasteiger charge is -2.28. The van der Waals surface area contributed by atoms with Crippen LogP contribution in [0.1, 0.15) is 31.5 Å². The number of hydrogen-bond donors (Lipinski definition) is 1. The zero-order valence-corrected chi connectivity index (χ0v) is 10.3. The number of nitrogens with one attached hydrogen (secondary N) is 1. The van der Waals surface area contributed by atoms with E-state index in [2.05, 4.69) is 24.9 Å². The van der Waals surface area contributed by atoms with Gasteiger partial charge in [0.15, 0.2) is 5.65 Å². The first-order valence-corrected chi connectivity index (χ1v) is 6.78. The quantitative estimate of drug-likeness (QED) is 0.861. The van der Waals surface area contributed by atoms with Crippen molar-refractivity contribution < 1.29 is 0 Å². The van der Waals surface area contributed by atoms with Crippen LogP contribution in [0.2, 0.25) is 0 Å². The number of nitrogens with zero attached hydrogens (tertiary/aromatic N) is 4. The Bertz CT molecular complexity index is 551. The molecule has 4 heterocycles. The molecule has 2 fully saturated rings. The highest BCUT2D eigenvalue weighted by molar-refractivity contribution is 5.33. The maximum absolute atomic E-state index is 4.31. The number of aromatic nitrogens is 4. The molecule has 2 aliphatic rings. The monoisotopic (exact) mass is 243 g/mol. The third-order valence-electron chi connectivity index (χ3n) is 4.33. The van der Waals surface area contributed by atoms with Gasteiger partial charge in [-0.1, -0.05) is 0 Å². The van der Waals surface area contributed by atoms with E-state index in [1.807, 2.05) is 6.20 Å². The van der Waals surface area contributed by atoms with Gasteiger partial charge < -0.3 is 5.32 Å². The molecule has 94 valence electrons. The van der Waals surface area contributed by atoms with Gasteiger partial charge in [-0.2, -0.15) is 0 Å². The fourth-order valence-corrected chi connectivity index (χ4v) is 3.54. The summed E-state index contributed by atoms with van der Waals surface area (Å²) in [6.45, 7) is 0. The maximum atomic E-state index is 4.31. The molecule has 0 saturated carbocycles. The average Bonchev–Trinajstić information content (AvgIpc) is 2.94. The first kappa shape index (κ1) is 10.4. The molecule has 0 amide bonds. The van der Waals surface area contributed by atoms with E-state index in [-0.39, 0.29) is 0 Å². The van der Waals surface area contributed by atoms with Gasteiger partial charge in [0.05, 0.1) is 6.20 Å². The van der Waals surface area contributed by atoms with Crippen LogP contribution in [-0.4, -0.2) is 31.7 Å². The molecule has 2 aromatic heterocycles. The molecule has 4 rings (SSSR count). The van der Waals surface area contributed by atoms with Crippen molar-refractivity contribution in [3.8, 4) is 0 Å². The lowest BCUT2D eigenvalue weighted by atomic mass is 9.89. The summed E-state index contributed by atoms with van der Waals surface area (Å²) in [4.78, 5) is 4.07. The second-order valence-electron chi connectivity index (χ2n) is 5.60. The minimum Gasteiger partial charge on any atom is -0.311 e. The molecule has 2 unspecified atom stereocenters. The normalized spacial score (nSPS) is 31.0. The Morgan fingerprint density at radius 2 is 2.06 bits per heavy atom. The third-order valence-corrected chi connectivity index (χ3v) is 4.33. The smallest absolute Gasteiger partial charge is 0.179 e. The lowest BCUT2D eigenvalue weighted by Crippen LogP contribution is -2.38. The van der Waals surface area contributed by atoms with E-state index in [1.165, 1.54) is 25.7 Å². The molecule has 0 spiro atoms. The molecule has 2 saturated heterocycles. The Labute approximate surface area is 106 Å². The van der Waals surface area contributed by atoms with Gasteiger partial charge in [0.25, 0.3) is 0 Å². The van der Waals surface area contributed by atoms with E-state index in [0.29, 0.717) is 0 Å². The van der Waals surface area contributed by atoms with Crippen molar-refractivity contribution in [3.63, 3.8) is 0 Å². The molecule has 0 aromatic carbocycles. The summed E-state index contributed by atoms with van der Waals surface area (Å²) in [5, 5.41) is 12.2. The van der Waals surface area contributed by atoms with Gasteiger partial charge in [-0.3, -0.25) is 9.38 Å². The molecule has 5 nitrogen and oxygen atoms in total. The highest BCUT2D eigenvalue weighted by Crippen LogP contribution is 2.32. The minimum absolute atomic E-state index is 0.745. The van der Waals surface area contributed by atoms with Gasteiger partial charge in [0, 0.05) is 30.9 Å². The van der Waals surface area contributed by atoms with Crippen LogP contribution < -0.4 is 5.32 Å². The fourth-order valence-electron chi connectivity index (χ4n) is 3.54. The fraction of sp³-hybridized carbons (Fsp3) is 0.615. The van der Waals surface area contributed by atoms with Crippen molar-refractivity contribution in [2.75, 3.05) is 0 Å². The molecular weight excluding hydrogens is 226 g/mol. The van der Waals surface area contributed by atoms with Crippen molar-refractivity contribution >= 4 is 5.65 Å². The van der Waals surface area contributed by atoms with Crippen LogP contribution in [0.5, 0.6) is 0 Å². The second kappa shape index (κ2) is 4.02. The van der Waals surface area contributed by atoms with Crippen LogP contribution in [0.15, 0.2) is 18.6 Å². The standard InChI is InChI=1S/C13H17N5/c1-2-11-6-9(5-10(1)15-11)7-12-16-17-13-8-14-3-4-18(12)13/h3-4,8-11,15H,1-2,5-7H2. The molecule has 0 radical (unpaired) electrons. The summed E-state index contributed by atoms with van der Waals surface area (Å²) in [5.41, 5.74) is 0.851. The zero-order valence-electron chi connectivity index (χ0n) is 10.3. The van der Waals surface area contributed by atoms with Crippen molar-refractivity contribution in [1.82, 2.24) is 24.9 Å². The Hall–Kier alpha value is -1.49. The van der Waals surface area contributed by atoms with Crippen LogP contribution in [-0.2, 0) is 6.42 Å². The first-order chi connectivity index (χ1) is 8.88. The van der Waals surface area contributed by atoms with Crippen molar-refractivity contribution in [1.29, 1.82) is 0 Å². The number of hydrogen-bond acceptors (Lipinski definition) is 4. The molecule has 1 N–H and O–H groups in total. The highest BCUT2D eigenvalue weighted by Gasteiger charge is 2.33. The van der Waals surface area contributed by atoms with E-state index < -0.39 is 0 Å². The highest BCUT2D eigenvalue weighted by atomic mass is 15.2. The SMILES string of the molecule is c1cn2c(CC3CC4CCC(C3)N4)nnc2cn1. The van der Waals surface area contributed by atoms with E-state index in [1.54, 1.807) is 12.4 Å². The largest absolute Gasteiger partial charge is 0.311 e. The van der Waals surface area contributed by atoms with Crippen molar-refractivity contribution in [3.05, 3.63) is 24.4 Å². The number of rotatable bonds is 2. The number of piperidine rings is 1. The number of fused-ring (bicyclic) bond motifs is 3. The average molecular weight is 243 g/mol. The van der Waals surface area contributed by atoms with Gasteiger partial charge in [0.1, 0.15) is 5.82 Å². The summed E-state index contributed by atoms with van der Waals surface area (Å²) in [6.07, 6.45) is 11.8. The third kappa shape index (κ3) is 1.70. The Kier molecular flexibility index (Phi) is 2.33. The van der Waals surface area contributed by atoms with Crippen molar-refractivity contribution in [2.45, 2.75) is 44.2 Å². The summed E-state index contributed by atoms with van der Waals surface area (Å²) in [6, 6.07) is 1.49. The predicted molar refractivity (Wildman–Crippen MR) is 67.2 cm³/mol. The summed E-state index contributed by atoms with van der Waals surface area (Å²) >= 11 is 0. The Balaban J connectivity index is 1.57. The summed E-state index contributed by atoms with van der Waals surface area (Å²) in [7, 11) is 0. The minimum atomic E-state index is 0.745.